The molecule has 2 aliphatic rings. The molecular formula is C16H30N2O3. The molecule has 2 fully saturated rings. The molecule has 1 heterocycles. The lowest BCUT2D eigenvalue weighted by Gasteiger charge is -2.37. The zero-order valence-corrected chi connectivity index (χ0v) is 13.9. The van der Waals surface area contributed by atoms with Gasteiger partial charge in [0.1, 0.15) is 5.54 Å². The van der Waals surface area contributed by atoms with Crippen molar-refractivity contribution in [1.29, 1.82) is 0 Å². The topological polar surface area (TPSA) is 50.8 Å². The van der Waals surface area contributed by atoms with E-state index in [4.69, 9.17) is 9.47 Å². The second-order valence-corrected chi connectivity index (χ2v) is 6.74. The number of hydrogen-bond acceptors (Lipinski definition) is 5. The van der Waals surface area contributed by atoms with Crippen LogP contribution in [0.4, 0.5) is 0 Å². The van der Waals surface area contributed by atoms with Crippen molar-refractivity contribution in [3.8, 4) is 0 Å². The molecule has 21 heavy (non-hydrogen) atoms. The summed E-state index contributed by atoms with van der Waals surface area (Å²) in [6, 6.07) is 0.488. The Bertz CT molecular complexity index is 349. The van der Waals surface area contributed by atoms with Gasteiger partial charge >= 0.3 is 5.97 Å². The summed E-state index contributed by atoms with van der Waals surface area (Å²) in [6.07, 6.45) is 3.64. The molecule has 0 amide bonds. The molecule has 0 aromatic carbocycles. The number of nitrogens with zero attached hydrogens (tertiary/aromatic N) is 1. The van der Waals surface area contributed by atoms with Crippen molar-refractivity contribution in [1.82, 2.24) is 10.2 Å². The van der Waals surface area contributed by atoms with Crippen molar-refractivity contribution in [2.75, 3.05) is 26.2 Å². The Morgan fingerprint density at radius 2 is 1.95 bits per heavy atom. The van der Waals surface area contributed by atoms with Crippen LogP contribution in [0.3, 0.4) is 0 Å². The number of hydrogen-bond donors (Lipinski definition) is 1. The van der Waals surface area contributed by atoms with Crippen LogP contribution in [0.25, 0.3) is 0 Å². The highest BCUT2D eigenvalue weighted by atomic mass is 16.5. The van der Waals surface area contributed by atoms with Crippen LogP contribution in [-0.4, -0.2) is 60.9 Å². The van der Waals surface area contributed by atoms with E-state index >= 15 is 0 Å². The van der Waals surface area contributed by atoms with Gasteiger partial charge < -0.3 is 9.47 Å². The van der Waals surface area contributed by atoms with Gasteiger partial charge in [-0.15, -0.1) is 0 Å². The van der Waals surface area contributed by atoms with E-state index in [9.17, 15) is 4.79 Å². The number of carbonyl (C=O) groups is 1. The van der Waals surface area contributed by atoms with Gasteiger partial charge in [-0.05, 0) is 47.0 Å². The smallest absolute Gasteiger partial charge is 0.326 e. The average molecular weight is 298 g/mol. The van der Waals surface area contributed by atoms with Crippen molar-refractivity contribution >= 4 is 5.97 Å². The number of nitrogens with one attached hydrogen (secondary N) is 1. The van der Waals surface area contributed by atoms with E-state index in [0.717, 1.165) is 26.1 Å². The van der Waals surface area contributed by atoms with Crippen LogP contribution in [-0.2, 0) is 14.3 Å². The highest BCUT2D eigenvalue weighted by molar-refractivity contribution is 5.80. The van der Waals surface area contributed by atoms with E-state index in [2.05, 4.69) is 24.1 Å². The molecule has 5 nitrogen and oxygen atoms in total. The minimum absolute atomic E-state index is 0.119. The summed E-state index contributed by atoms with van der Waals surface area (Å²) in [7, 11) is 0. The standard InChI is InChI=1S/C16H30N2O3/c1-5-20-15(19)16(4,17-14-6-7-14)8-9-18-10-12(2)21-13(3)11-18/h12-14,17H,5-11H2,1-4H3. The fraction of sp³-hybridized carbons (Fsp3) is 0.938. The van der Waals surface area contributed by atoms with Crippen LogP contribution in [0.5, 0.6) is 0 Å². The Kier molecular flexibility index (Phi) is 5.63. The molecule has 0 bridgehead atoms. The molecule has 122 valence electrons. The summed E-state index contributed by atoms with van der Waals surface area (Å²) in [5.41, 5.74) is -0.568. The molecule has 1 aliphatic carbocycles. The molecule has 0 aromatic heterocycles. The average Bonchev–Trinajstić information content (AvgIpc) is 3.19. The Hall–Kier alpha value is -0.650. The maximum absolute atomic E-state index is 12.3. The lowest BCUT2D eigenvalue weighted by Crippen LogP contribution is -2.54. The van der Waals surface area contributed by atoms with E-state index in [0.29, 0.717) is 12.6 Å². The SMILES string of the molecule is CCOC(=O)C(C)(CCN1CC(C)OC(C)C1)NC1CC1. The second-order valence-electron chi connectivity index (χ2n) is 6.74. The zero-order valence-electron chi connectivity index (χ0n) is 13.9. The predicted molar refractivity (Wildman–Crippen MR) is 82.3 cm³/mol. The first kappa shape index (κ1) is 16.7. The first-order valence-electron chi connectivity index (χ1n) is 8.25. The summed E-state index contributed by atoms with van der Waals surface area (Å²) < 4.78 is 11.0. The summed E-state index contributed by atoms with van der Waals surface area (Å²) in [5.74, 6) is -0.119. The van der Waals surface area contributed by atoms with Crippen molar-refractivity contribution in [3.63, 3.8) is 0 Å². The number of esters is 1. The summed E-state index contributed by atoms with van der Waals surface area (Å²) in [6.45, 7) is 11.3. The third-order valence-corrected chi connectivity index (χ3v) is 4.25. The summed E-state index contributed by atoms with van der Waals surface area (Å²) in [4.78, 5) is 14.7. The largest absolute Gasteiger partial charge is 0.465 e. The van der Waals surface area contributed by atoms with Crippen LogP contribution >= 0.6 is 0 Å². The number of carbonyl (C=O) groups excluding carboxylic acids is 1. The predicted octanol–water partition coefficient (Wildman–Crippen LogP) is 1.56. The van der Waals surface area contributed by atoms with Crippen LogP contribution in [0.15, 0.2) is 0 Å². The number of rotatable bonds is 7. The Balaban J connectivity index is 1.90. The fourth-order valence-corrected chi connectivity index (χ4v) is 3.05. The van der Waals surface area contributed by atoms with Crippen LogP contribution in [0, 0.1) is 0 Å². The van der Waals surface area contributed by atoms with Gasteiger partial charge in [-0.25, -0.2) is 0 Å². The first-order valence-corrected chi connectivity index (χ1v) is 8.25. The van der Waals surface area contributed by atoms with E-state index in [1.54, 1.807) is 0 Å². The first-order chi connectivity index (χ1) is 9.93. The third kappa shape index (κ3) is 4.94. The van der Waals surface area contributed by atoms with Crippen molar-refractivity contribution in [2.24, 2.45) is 0 Å². The summed E-state index contributed by atoms with van der Waals surface area (Å²) >= 11 is 0. The minimum atomic E-state index is -0.568. The molecule has 2 rings (SSSR count). The highest BCUT2D eigenvalue weighted by Gasteiger charge is 2.40. The molecule has 1 saturated heterocycles. The van der Waals surface area contributed by atoms with Gasteiger partial charge in [-0.3, -0.25) is 15.0 Å². The third-order valence-electron chi connectivity index (χ3n) is 4.25. The summed E-state index contributed by atoms with van der Waals surface area (Å²) in [5, 5.41) is 3.48. The highest BCUT2D eigenvalue weighted by Crippen LogP contribution is 2.25. The second kappa shape index (κ2) is 7.07. The molecule has 5 heteroatoms. The van der Waals surface area contributed by atoms with Gasteiger partial charge in [-0.2, -0.15) is 0 Å². The van der Waals surface area contributed by atoms with Gasteiger partial charge in [0.05, 0.1) is 18.8 Å². The van der Waals surface area contributed by atoms with Crippen molar-refractivity contribution < 1.29 is 14.3 Å². The van der Waals surface area contributed by atoms with E-state index in [1.807, 2.05) is 13.8 Å². The van der Waals surface area contributed by atoms with Gasteiger partial charge in [0.15, 0.2) is 0 Å². The molecule has 0 radical (unpaired) electrons. The van der Waals surface area contributed by atoms with Gasteiger partial charge in [0, 0.05) is 25.7 Å². The van der Waals surface area contributed by atoms with Crippen LogP contribution < -0.4 is 5.32 Å². The molecule has 1 aliphatic heterocycles. The van der Waals surface area contributed by atoms with Crippen molar-refractivity contribution in [2.45, 2.75) is 70.7 Å². The van der Waals surface area contributed by atoms with Gasteiger partial charge in [-0.1, -0.05) is 0 Å². The molecule has 3 unspecified atom stereocenters. The zero-order chi connectivity index (χ0) is 15.5. The minimum Gasteiger partial charge on any atom is -0.465 e. The van der Waals surface area contributed by atoms with Crippen LogP contribution in [0.1, 0.15) is 47.0 Å². The Labute approximate surface area is 128 Å². The Morgan fingerprint density at radius 1 is 1.33 bits per heavy atom. The Morgan fingerprint density at radius 3 is 2.48 bits per heavy atom. The van der Waals surface area contributed by atoms with E-state index in [1.165, 1.54) is 12.8 Å². The lowest BCUT2D eigenvalue weighted by molar-refractivity contribution is -0.151. The van der Waals surface area contributed by atoms with Crippen molar-refractivity contribution in [3.05, 3.63) is 0 Å². The number of morpholine rings is 1. The lowest BCUT2D eigenvalue weighted by atomic mass is 9.96. The van der Waals surface area contributed by atoms with E-state index < -0.39 is 5.54 Å². The molecule has 0 aromatic rings. The van der Waals surface area contributed by atoms with Gasteiger partial charge in [0.25, 0.3) is 0 Å². The molecule has 3 atom stereocenters. The van der Waals surface area contributed by atoms with Gasteiger partial charge in [0.2, 0.25) is 0 Å². The molecule has 1 saturated carbocycles. The maximum Gasteiger partial charge on any atom is 0.326 e. The molecule has 1 N–H and O–H groups in total. The number of ether oxygens (including phenoxy) is 2. The monoisotopic (exact) mass is 298 g/mol. The molecular weight excluding hydrogens is 268 g/mol. The quantitative estimate of drug-likeness (QED) is 0.723. The molecule has 0 spiro atoms. The maximum atomic E-state index is 12.3. The van der Waals surface area contributed by atoms with E-state index in [-0.39, 0.29) is 18.2 Å². The fourth-order valence-electron chi connectivity index (χ4n) is 3.05. The normalized spacial score (nSPS) is 29.9. The van der Waals surface area contributed by atoms with Crippen LogP contribution in [0.2, 0.25) is 0 Å².